The van der Waals surface area contributed by atoms with Crippen LogP contribution < -0.4 is 0 Å². The molecule has 4 heterocycles. The maximum absolute atomic E-state index is 4.58. The maximum atomic E-state index is 4.58. The fourth-order valence-corrected chi connectivity index (χ4v) is 7.23. The predicted molar refractivity (Wildman–Crippen MR) is 164 cm³/mol. The van der Waals surface area contributed by atoms with E-state index in [9.17, 15) is 0 Å². The molecule has 0 bridgehead atoms. The van der Waals surface area contributed by atoms with E-state index in [1.54, 1.807) is 23.7 Å². The van der Waals surface area contributed by atoms with Crippen LogP contribution in [0.15, 0.2) is 122 Å². The van der Waals surface area contributed by atoms with Crippen molar-refractivity contribution in [1.29, 1.82) is 0 Å². The van der Waals surface area contributed by atoms with Gasteiger partial charge in [-0.3, -0.25) is 4.98 Å². The number of rotatable bonds is 2. The third-order valence-corrected chi connectivity index (χ3v) is 8.89. The topological polar surface area (TPSA) is 35.6 Å². The van der Waals surface area contributed by atoms with E-state index < -0.39 is 0 Å². The largest absolute Gasteiger partial charge is 0.309 e. The summed E-state index contributed by atoms with van der Waals surface area (Å²) in [5.41, 5.74) is 8.12. The first kappa shape index (κ1) is 21.0. The molecule has 9 aromatic rings. The molecule has 0 N–H and O–H groups in total. The highest BCUT2D eigenvalue weighted by Gasteiger charge is 2.17. The Balaban J connectivity index is 1.33. The van der Waals surface area contributed by atoms with Crippen LogP contribution in [0.5, 0.6) is 0 Å². The van der Waals surface area contributed by atoms with Gasteiger partial charge in [0.1, 0.15) is 10.3 Å². The quantitative estimate of drug-likeness (QED) is 0.230. The zero-order chi connectivity index (χ0) is 25.5. The Morgan fingerprint density at radius 3 is 1.69 bits per heavy atom. The molecule has 0 fully saturated rings. The lowest BCUT2D eigenvalue weighted by Gasteiger charge is -2.10. The van der Waals surface area contributed by atoms with Gasteiger partial charge in [-0.05, 0) is 54.6 Å². The molecule has 4 nitrogen and oxygen atoms in total. The predicted octanol–water partition coefficient (Wildman–Crippen LogP) is 9.04. The average Bonchev–Trinajstić information content (AvgIpc) is 3.64. The number of hydrogen-bond acceptors (Lipinski definition) is 3. The van der Waals surface area contributed by atoms with Crippen molar-refractivity contribution < 1.29 is 0 Å². The van der Waals surface area contributed by atoms with Crippen LogP contribution in [0.2, 0.25) is 0 Å². The summed E-state index contributed by atoms with van der Waals surface area (Å²) in [6, 6.07) is 39.6. The van der Waals surface area contributed by atoms with Crippen LogP contribution in [0.3, 0.4) is 0 Å². The van der Waals surface area contributed by atoms with Crippen molar-refractivity contribution >= 4 is 75.4 Å². The molecule has 0 spiro atoms. The Hall–Kier alpha value is -5.00. The second kappa shape index (κ2) is 7.76. The first-order valence-corrected chi connectivity index (χ1v) is 13.8. The fraction of sp³-hybridized carbons (Fsp3) is 0. The Bertz CT molecular complexity index is 2350. The summed E-state index contributed by atoms with van der Waals surface area (Å²) in [4.78, 5) is 10.1. The Morgan fingerprint density at radius 1 is 0.462 bits per heavy atom. The zero-order valence-corrected chi connectivity index (χ0v) is 21.6. The molecule has 0 amide bonds. The number of benzene rings is 5. The van der Waals surface area contributed by atoms with Gasteiger partial charge in [0.05, 0.1) is 22.1 Å². The molecule has 0 radical (unpaired) electrons. The van der Waals surface area contributed by atoms with Gasteiger partial charge in [0, 0.05) is 55.4 Å². The third-order valence-electron chi connectivity index (χ3n) is 7.84. The average molecular weight is 517 g/mol. The molecule has 0 saturated carbocycles. The highest BCUT2D eigenvalue weighted by Crippen LogP contribution is 2.38. The van der Waals surface area contributed by atoms with Gasteiger partial charge in [-0.15, -0.1) is 11.3 Å². The number of thiophene rings is 1. The van der Waals surface area contributed by atoms with E-state index in [-0.39, 0.29) is 0 Å². The van der Waals surface area contributed by atoms with Crippen LogP contribution in [0.4, 0.5) is 0 Å². The summed E-state index contributed by atoms with van der Waals surface area (Å²) in [5, 5.41) is 6.19. The minimum atomic E-state index is 0.974. The van der Waals surface area contributed by atoms with Gasteiger partial charge in [0.25, 0.3) is 0 Å². The van der Waals surface area contributed by atoms with Crippen LogP contribution in [-0.4, -0.2) is 19.1 Å². The van der Waals surface area contributed by atoms with Gasteiger partial charge >= 0.3 is 0 Å². The first-order valence-electron chi connectivity index (χ1n) is 13.0. The zero-order valence-electron chi connectivity index (χ0n) is 20.7. The second-order valence-corrected chi connectivity index (χ2v) is 10.9. The number of para-hydroxylation sites is 3. The minimum Gasteiger partial charge on any atom is -0.309 e. The van der Waals surface area contributed by atoms with Crippen molar-refractivity contribution in [3.63, 3.8) is 0 Å². The van der Waals surface area contributed by atoms with Crippen LogP contribution in [0.25, 0.3) is 75.4 Å². The van der Waals surface area contributed by atoms with Gasteiger partial charge in [0.2, 0.25) is 0 Å². The van der Waals surface area contributed by atoms with Gasteiger partial charge in [-0.1, -0.05) is 54.6 Å². The summed E-state index contributed by atoms with van der Waals surface area (Å²) in [6.07, 6.45) is 3.53. The van der Waals surface area contributed by atoms with Crippen LogP contribution in [0, 0.1) is 0 Å². The summed E-state index contributed by atoms with van der Waals surface area (Å²) < 4.78 is 5.96. The van der Waals surface area contributed by atoms with E-state index in [4.69, 9.17) is 0 Å². The van der Waals surface area contributed by atoms with Gasteiger partial charge < -0.3 is 9.13 Å². The van der Waals surface area contributed by atoms with E-state index in [1.807, 2.05) is 0 Å². The molecule has 4 aromatic heterocycles. The van der Waals surface area contributed by atoms with Crippen molar-refractivity contribution in [3.8, 4) is 11.4 Å². The van der Waals surface area contributed by atoms with E-state index in [0.717, 1.165) is 21.4 Å². The van der Waals surface area contributed by atoms with Crippen molar-refractivity contribution in [2.45, 2.75) is 0 Å². The van der Waals surface area contributed by atoms with Gasteiger partial charge in [0.15, 0.2) is 0 Å². The fourth-order valence-electron chi connectivity index (χ4n) is 6.20. The number of hydrogen-bond donors (Lipinski definition) is 0. The lowest BCUT2D eigenvalue weighted by molar-refractivity contribution is 1.17. The Morgan fingerprint density at radius 2 is 1.00 bits per heavy atom. The molecular formula is C34H20N4S. The van der Waals surface area contributed by atoms with Crippen LogP contribution >= 0.6 is 11.3 Å². The van der Waals surface area contributed by atoms with Gasteiger partial charge in [-0.2, -0.15) is 0 Å². The van der Waals surface area contributed by atoms with E-state index in [1.165, 1.54) is 54.0 Å². The molecular weight excluding hydrogens is 496 g/mol. The SMILES string of the molecule is c1ccc2c(c1)c1ccccc1n2-c1ccc2c(c1)c1ccccc1n2-c1ccc2c(c1)sc1nccnc12. The van der Waals surface area contributed by atoms with E-state index >= 15 is 0 Å². The highest BCUT2D eigenvalue weighted by atomic mass is 32.1. The molecule has 0 aliphatic rings. The summed E-state index contributed by atoms with van der Waals surface area (Å²) >= 11 is 1.70. The standard InChI is InChI=1S/C34H20N4S/c1-4-10-28-23(7-1)24-8-2-5-11-29(24)37(28)21-14-16-31-27(19-21)25-9-3-6-12-30(25)38(31)22-13-15-26-32(20-22)39-34-33(26)35-17-18-36-34/h1-20H. The van der Waals surface area contributed by atoms with Gasteiger partial charge in [-0.25, -0.2) is 4.98 Å². The molecule has 0 unspecified atom stereocenters. The summed E-state index contributed by atoms with van der Waals surface area (Å²) in [7, 11) is 0. The Labute approximate surface area is 227 Å². The minimum absolute atomic E-state index is 0.974. The first-order chi connectivity index (χ1) is 19.3. The maximum Gasteiger partial charge on any atom is 0.143 e. The number of aromatic nitrogens is 4. The monoisotopic (exact) mass is 516 g/mol. The van der Waals surface area contributed by atoms with Crippen LogP contribution in [-0.2, 0) is 0 Å². The molecule has 0 saturated heterocycles. The van der Waals surface area contributed by atoms with Crippen LogP contribution in [0.1, 0.15) is 0 Å². The molecule has 0 aliphatic heterocycles. The third kappa shape index (κ3) is 2.88. The molecule has 0 atom stereocenters. The summed E-state index contributed by atoms with van der Waals surface area (Å²) in [5.74, 6) is 0. The highest BCUT2D eigenvalue weighted by molar-refractivity contribution is 7.25. The molecule has 9 rings (SSSR count). The molecule has 5 aromatic carbocycles. The lowest BCUT2D eigenvalue weighted by Crippen LogP contribution is -1.95. The summed E-state index contributed by atoms with van der Waals surface area (Å²) in [6.45, 7) is 0. The lowest BCUT2D eigenvalue weighted by atomic mass is 10.1. The number of nitrogens with zero attached hydrogens (tertiary/aromatic N) is 4. The molecule has 39 heavy (non-hydrogen) atoms. The van der Waals surface area contributed by atoms with E-state index in [2.05, 4.69) is 128 Å². The molecule has 5 heteroatoms. The molecule has 0 aliphatic carbocycles. The van der Waals surface area contributed by atoms with Crippen molar-refractivity contribution in [2.24, 2.45) is 0 Å². The number of fused-ring (bicyclic) bond motifs is 9. The van der Waals surface area contributed by atoms with Crippen molar-refractivity contribution in [3.05, 3.63) is 122 Å². The molecule has 182 valence electrons. The Kier molecular flexibility index (Phi) is 4.18. The van der Waals surface area contributed by atoms with Crippen molar-refractivity contribution in [2.75, 3.05) is 0 Å². The van der Waals surface area contributed by atoms with E-state index in [0.29, 0.717) is 0 Å². The smallest absolute Gasteiger partial charge is 0.143 e. The normalized spacial score (nSPS) is 12.1. The van der Waals surface area contributed by atoms with Crippen molar-refractivity contribution in [1.82, 2.24) is 19.1 Å². The second-order valence-electron chi connectivity index (χ2n) is 9.92.